The minimum atomic E-state index is -3.68. The first-order valence-electron chi connectivity index (χ1n) is 11.2. The maximum absolute atomic E-state index is 13.3. The summed E-state index contributed by atoms with van der Waals surface area (Å²) in [6.07, 6.45) is 1.49. The Hall–Kier alpha value is -3.46. The average molecular weight is 480 g/mol. The van der Waals surface area contributed by atoms with Gasteiger partial charge in [0.05, 0.1) is 15.7 Å². The van der Waals surface area contributed by atoms with Crippen molar-refractivity contribution in [3.8, 4) is 5.75 Å². The average Bonchev–Trinajstić information content (AvgIpc) is 3.09. The molecular weight excluding hydrogens is 454 g/mol. The zero-order chi connectivity index (χ0) is 23.9. The molecule has 2 atom stereocenters. The largest absolute Gasteiger partial charge is 0.489 e. The first-order valence-corrected chi connectivity index (χ1v) is 12.8. The summed E-state index contributed by atoms with van der Waals surface area (Å²) in [7, 11) is -3.68. The molecule has 1 spiro atoms. The van der Waals surface area contributed by atoms with Gasteiger partial charge >= 0.3 is 6.03 Å². The van der Waals surface area contributed by atoms with Gasteiger partial charge in [-0.1, -0.05) is 18.2 Å². The second-order valence-electron chi connectivity index (χ2n) is 8.95. The lowest BCUT2D eigenvalue weighted by molar-refractivity contribution is -0.125. The standard InChI is InChI=1S/C25H25N3O5S/c1-16-13-17(21-6-2-3-7-22(21)26-16)15-33-18-8-10-19(11-9-18)34(31,32)20-5-4-12-25(14-20)23(29)27-24(30)28-25/h2-3,6-11,13,20H,4-5,12,14-15H2,1H3,(H2,27,28,29,30). The quantitative estimate of drug-likeness (QED) is 0.542. The van der Waals surface area contributed by atoms with E-state index in [1.807, 2.05) is 37.3 Å². The Morgan fingerprint density at radius 2 is 1.88 bits per heavy atom. The number of imide groups is 1. The lowest BCUT2D eigenvalue weighted by atomic mass is 9.81. The number of fused-ring (bicyclic) bond motifs is 1. The van der Waals surface area contributed by atoms with Crippen LogP contribution in [0.25, 0.3) is 10.9 Å². The number of hydrogen-bond donors (Lipinski definition) is 2. The van der Waals surface area contributed by atoms with Gasteiger partial charge in [-0.3, -0.25) is 15.1 Å². The van der Waals surface area contributed by atoms with Crippen molar-refractivity contribution in [1.29, 1.82) is 0 Å². The van der Waals surface area contributed by atoms with Crippen LogP contribution >= 0.6 is 0 Å². The lowest BCUT2D eigenvalue weighted by Crippen LogP contribution is -2.52. The number of nitrogens with one attached hydrogen (secondary N) is 2. The molecule has 2 unspecified atom stereocenters. The predicted octanol–water partition coefficient (Wildman–Crippen LogP) is 3.42. The van der Waals surface area contributed by atoms with E-state index in [1.165, 1.54) is 12.1 Å². The number of aromatic nitrogens is 1. The molecule has 2 N–H and O–H groups in total. The SMILES string of the molecule is Cc1cc(COc2ccc(S(=O)(=O)C3CCCC4(C3)NC(=O)NC4=O)cc2)c2ccccc2n1. The highest BCUT2D eigenvalue weighted by Crippen LogP contribution is 2.36. The van der Waals surface area contributed by atoms with E-state index in [2.05, 4.69) is 15.6 Å². The zero-order valence-electron chi connectivity index (χ0n) is 18.7. The Bertz CT molecular complexity index is 1390. The molecule has 1 aliphatic carbocycles. The van der Waals surface area contributed by atoms with E-state index in [4.69, 9.17) is 4.74 Å². The number of carbonyl (C=O) groups excluding carboxylic acids is 2. The summed E-state index contributed by atoms with van der Waals surface area (Å²) in [5, 5.41) is 5.14. The van der Waals surface area contributed by atoms with Crippen LogP contribution in [0, 0.1) is 6.92 Å². The van der Waals surface area contributed by atoms with Gasteiger partial charge in [0.2, 0.25) is 0 Å². The molecule has 2 aromatic carbocycles. The van der Waals surface area contributed by atoms with Crippen LogP contribution in [-0.4, -0.2) is 36.1 Å². The van der Waals surface area contributed by atoms with Crippen LogP contribution in [0.3, 0.4) is 0 Å². The summed E-state index contributed by atoms with van der Waals surface area (Å²) in [6, 6.07) is 15.6. The van der Waals surface area contributed by atoms with Gasteiger partial charge in [-0.15, -0.1) is 0 Å². The molecule has 2 aliphatic rings. The van der Waals surface area contributed by atoms with E-state index in [-0.39, 0.29) is 11.3 Å². The first-order chi connectivity index (χ1) is 16.3. The molecule has 1 saturated carbocycles. The molecule has 0 bridgehead atoms. The number of hydrogen-bond acceptors (Lipinski definition) is 6. The van der Waals surface area contributed by atoms with Crippen molar-refractivity contribution >= 4 is 32.7 Å². The number of aryl methyl sites for hydroxylation is 1. The van der Waals surface area contributed by atoms with Crippen LogP contribution in [0.1, 0.15) is 36.9 Å². The van der Waals surface area contributed by atoms with Crippen molar-refractivity contribution < 1.29 is 22.7 Å². The summed E-state index contributed by atoms with van der Waals surface area (Å²) >= 11 is 0. The normalized spacial score (nSPS) is 22.6. The molecule has 2 heterocycles. The van der Waals surface area contributed by atoms with E-state index in [0.29, 0.717) is 31.6 Å². The smallest absolute Gasteiger partial charge is 0.322 e. The van der Waals surface area contributed by atoms with Gasteiger partial charge in [-0.25, -0.2) is 13.2 Å². The van der Waals surface area contributed by atoms with Crippen LogP contribution in [0.5, 0.6) is 5.75 Å². The Labute approximate surface area is 197 Å². The highest BCUT2D eigenvalue weighted by molar-refractivity contribution is 7.92. The number of sulfone groups is 1. The van der Waals surface area contributed by atoms with E-state index < -0.39 is 32.6 Å². The number of rotatable bonds is 5. The minimum Gasteiger partial charge on any atom is -0.489 e. The van der Waals surface area contributed by atoms with Crippen molar-refractivity contribution in [2.75, 3.05) is 0 Å². The fourth-order valence-electron chi connectivity index (χ4n) is 4.93. The van der Waals surface area contributed by atoms with E-state index in [0.717, 1.165) is 22.2 Å². The molecular formula is C25H25N3O5S. The van der Waals surface area contributed by atoms with Crippen molar-refractivity contribution in [3.05, 3.63) is 65.9 Å². The van der Waals surface area contributed by atoms with Gasteiger partial charge in [-0.05, 0) is 69.0 Å². The van der Waals surface area contributed by atoms with Crippen LogP contribution in [0.2, 0.25) is 0 Å². The van der Waals surface area contributed by atoms with Gasteiger partial charge in [0.1, 0.15) is 17.9 Å². The highest BCUT2D eigenvalue weighted by Gasteiger charge is 2.51. The van der Waals surface area contributed by atoms with Crippen molar-refractivity contribution in [2.24, 2.45) is 0 Å². The molecule has 3 aromatic rings. The van der Waals surface area contributed by atoms with Crippen molar-refractivity contribution in [2.45, 2.75) is 54.9 Å². The molecule has 3 amide bonds. The van der Waals surface area contributed by atoms with Gasteiger partial charge < -0.3 is 10.1 Å². The number of benzene rings is 2. The topological polar surface area (TPSA) is 114 Å². The van der Waals surface area contributed by atoms with Gasteiger partial charge in [0.15, 0.2) is 9.84 Å². The maximum atomic E-state index is 13.3. The second kappa shape index (κ2) is 8.39. The summed E-state index contributed by atoms with van der Waals surface area (Å²) in [4.78, 5) is 28.6. The third kappa shape index (κ3) is 4.00. The minimum absolute atomic E-state index is 0.0691. The summed E-state index contributed by atoms with van der Waals surface area (Å²) < 4.78 is 32.5. The fourth-order valence-corrected chi connectivity index (χ4v) is 6.81. The number of amides is 3. The van der Waals surface area contributed by atoms with Crippen LogP contribution < -0.4 is 15.4 Å². The summed E-state index contributed by atoms with van der Waals surface area (Å²) in [5.74, 6) is 0.111. The molecule has 8 nitrogen and oxygen atoms in total. The number of nitrogens with zero attached hydrogens (tertiary/aromatic N) is 1. The summed E-state index contributed by atoms with van der Waals surface area (Å²) in [6.45, 7) is 2.27. The van der Waals surface area contributed by atoms with Crippen LogP contribution in [-0.2, 0) is 21.2 Å². The number of para-hydroxylation sites is 1. The van der Waals surface area contributed by atoms with E-state index >= 15 is 0 Å². The molecule has 2 fully saturated rings. The molecule has 1 aromatic heterocycles. The number of urea groups is 1. The third-order valence-corrected chi connectivity index (χ3v) is 8.84. The predicted molar refractivity (Wildman–Crippen MR) is 126 cm³/mol. The van der Waals surface area contributed by atoms with E-state index in [9.17, 15) is 18.0 Å². The van der Waals surface area contributed by atoms with Crippen LogP contribution in [0.15, 0.2) is 59.5 Å². The third-order valence-electron chi connectivity index (χ3n) is 6.64. The zero-order valence-corrected chi connectivity index (χ0v) is 19.5. The van der Waals surface area contributed by atoms with Crippen LogP contribution in [0.4, 0.5) is 4.79 Å². The summed E-state index contributed by atoms with van der Waals surface area (Å²) in [5.41, 5.74) is 1.67. The highest BCUT2D eigenvalue weighted by atomic mass is 32.2. The van der Waals surface area contributed by atoms with Gasteiger partial charge in [-0.2, -0.15) is 0 Å². The number of pyridine rings is 1. The monoisotopic (exact) mass is 479 g/mol. The van der Waals surface area contributed by atoms with Crippen molar-refractivity contribution in [1.82, 2.24) is 15.6 Å². The van der Waals surface area contributed by atoms with E-state index in [1.54, 1.807) is 12.1 Å². The number of carbonyl (C=O) groups is 2. The first kappa shape index (κ1) is 22.3. The molecule has 34 heavy (non-hydrogen) atoms. The Morgan fingerprint density at radius 3 is 2.62 bits per heavy atom. The van der Waals surface area contributed by atoms with Gasteiger partial charge in [0, 0.05) is 16.6 Å². The fraction of sp³-hybridized carbons (Fsp3) is 0.320. The Kier molecular flexibility index (Phi) is 5.51. The van der Waals surface area contributed by atoms with Crippen molar-refractivity contribution in [3.63, 3.8) is 0 Å². The Morgan fingerprint density at radius 1 is 1.12 bits per heavy atom. The Balaban J connectivity index is 1.31. The molecule has 1 saturated heterocycles. The molecule has 5 rings (SSSR count). The second-order valence-corrected chi connectivity index (χ2v) is 11.2. The van der Waals surface area contributed by atoms with Gasteiger partial charge in [0.25, 0.3) is 5.91 Å². The number of ether oxygens (including phenoxy) is 1. The molecule has 0 radical (unpaired) electrons. The molecule has 176 valence electrons. The maximum Gasteiger partial charge on any atom is 0.322 e. The molecule has 9 heteroatoms. The lowest BCUT2D eigenvalue weighted by Gasteiger charge is -2.35. The molecule has 1 aliphatic heterocycles.